The molecular formula is C20H26N2O2. The molecule has 1 saturated carbocycles. The molecule has 1 aliphatic carbocycles. The molecule has 0 N–H and O–H groups in total. The Hall–Kier alpha value is -2.10. The minimum Gasteiger partial charge on any atom is -0.441 e. The van der Waals surface area contributed by atoms with Crippen LogP contribution in [0.4, 0.5) is 0 Å². The van der Waals surface area contributed by atoms with Gasteiger partial charge in [-0.25, -0.2) is 4.98 Å². The van der Waals surface area contributed by atoms with E-state index in [1.807, 2.05) is 42.2 Å². The standard InChI is InChI=1S/C20H26N2O2/c1-3-22(17-12-8-5-9-13-17)19(23)14-18-15(2)24-20(21-18)16-10-6-4-7-11-16/h4,6-7,10-11,17H,3,5,8-9,12-14H2,1-2H3. The Balaban J connectivity index is 1.73. The van der Waals surface area contributed by atoms with Gasteiger partial charge in [0.15, 0.2) is 0 Å². The predicted molar refractivity (Wildman–Crippen MR) is 94.6 cm³/mol. The van der Waals surface area contributed by atoms with Gasteiger partial charge in [0.1, 0.15) is 5.76 Å². The second-order valence-corrected chi connectivity index (χ2v) is 6.54. The van der Waals surface area contributed by atoms with Crippen LogP contribution in [-0.4, -0.2) is 28.4 Å². The number of benzene rings is 1. The molecule has 0 aliphatic heterocycles. The molecule has 3 rings (SSSR count). The van der Waals surface area contributed by atoms with E-state index in [1.165, 1.54) is 19.3 Å². The van der Waals surface area contributed by atoms with E-state index in [0.717, 1.165) is 36.4 Å². The van der Waals surface area contributed by atoms with Crippen molar-refractivity contribution < 1.29 is 9.21 Å². The summed E-state index contributed by atoms with van der Waals surface area (Å²) in [4.78, 5) is 19.4. The number of carbonyl (C=O) groups is 1. The number of nitrogens with zero attached hydrogens (tertiary/aromatic N) is 2. The third-order valence-electron chi connectivity index (χ3n) is 4.91. The molecule has 4 heteroatoms. The van der Waals surface area contributed by atoms with Gasteiger partial charge in [0, 0.05) is 18.2 Å². The predicted octanol–water partition coefficient (Wildman–Crippen LogP) is 4.37. The first-order chi connectivity index (χ1) is 11.7. The van der Waals surface area contributed by atoms with Crippen LogP contribution in [0.5, 0.6) is 0 Å². The number of likely N-dealkylation sites (N-methyl/N-ethyl adjacent to an activating group) is 1. The molecule has 0 spiro atoms. The van der Waals surface area contributed by atoms with E-state index in [9.17, 15) is 4.79 Å². The van der Waals surface area contributed by atoms with Crippen LogP contribution in [0.2, 0.25) is 0 Å². The molecule has 24 heavy (non-hydrogen) atoms. The zero-order valence-corrected chi connectivity index (χ0v) is 14.6. The maximum absolute atomic E-state index is 12.8. The molecule has 1 aliphatic rings. The average Bonchev–Trinajstić information content (AvgIpc) is 2.98. The van der Waals surface area contributed by atoms with Crippen molar-refractivity contribution >= 4 is 5.91 Å². The molecule has 4 nitrogen and oxygen atoms in total. The van der Waals surface area contributed by atoms with E-state index in [4.69, 9.17) is 4.42 Å². The fourth-order valence-corrected chi connectivity index (χ4v) is 3.57. The van der Waals surface area contributed by atoms with Crippen molar-refractivity contribution in [2.45, 2.75) is 58.4 Å². The third-order valence-corrected chi connectivity index (χ3v) is 4.91. The van der Waals surface area contributed by atoms with Crippen LogP contribution >= 0.6 is 0 Å². The number of aromatic nitrogens is 1. The van der Waals surface area contributed by atoms with Crippen LogP contribution in [0.25, 0.3) is 11.5 Å². The SMILES string of the molecule is CCN(C(=O)Cc1nc(-c2ccccc2)oc1C)C1CCCCC1. The lowest BCUT2D eigenvalue weighted by Crippen LogP contribution is -2.42. The summed E-state index contributed by atoms with van der Waals surface area (Å²) in [6, 6.07) is 10.2. The second kappa shape index (κ2) is 7.65. The molecule has 1 fully saturated rings. The lowest BCUT2D eigenvalue weighted by Gasteiger charge is -2.33. The number of rotatable bonds is 5. The number of aryl methyl sites for hydroxylation is 1. The number of oxazole rings is 1. The van der Waals surface area contributed by atoms with Gasteiger partial charge in [-0.3, -0.25) is 4.79 Å². The van der Waals surface area contributed by atoms with E-state index in [-0.39, 0.29) is 5.91 Å². The quantitative estimate of drug-likeness (QED) is 0.819. The monoisotopic (exact) mass is 326 g/mol. The molecule has 1 aromatic carbocycles. The lowest BCUT2D eigenvalue weighted by atomic mass is 9.94. The smallest absolute Gasteiger partial charge is 0.228 e. The van der Waals surface area contributed by atoms with E-state index < -0.39 is 0 Å². The number of hydrogen-bond acceptors (Lipinski definition) is 3. The van der Waals surface area contributed by atoms with Crippen molar-refractivity contribution in [3.63, 3.8) is 0 Å². The summed E-state index contributed by atoms with van der Waals surface area (Å²) in [5.74, 6) is 1.50. The number of amides is 1. The van der Waals surface area contributed by atoms with Crippen molar-refractivity contribution in [2.24, 2.45) is 0 Å². The highest BCUT2D eigenvalue weighted by atomic mass is 16.4. The summed E-state index contributed by atoms with van der Waals surface area (Å²) in [6.45, 7) is 4.72. The maximum atomic E-state index is 12.8. The summed E-state index contributed by atoms with van der Waals surface area (Å²) in [5.41, 5.74) is 1.70. The van der Waals surface area contributed by atoms with Crippen molar-refractivity contribution in [2.75, 3.05) is 6.54 Å². The molecule has 0 unspecified atom stereocenters. The van der Waals surface area contributed by atoms with Crippen molar-refractivity contribution in [1.29, 1.82) is 0 Å². The summed E-state index contributed by atoms with van der Waals surface area (Å²) >= 11 is 0. The van der Waals surface area contributed by atoms with Gasteiger partial charge in [0.25, 0.3) is 0 Å². The van der Waals surface area contributed by atoms with Crippen molar-refractivity contribution in [3.8, 4) is 11.5 Å². The number of hydrogen-bond donors (Lipinski definition) is 0. The van der Waals surface area contributed by atoms with Gasteiger partial charge in [-0.2, -0.15) is 0 Å². The highest BCUT2D eigenvalue weighted by molar-refractivity contribution is 5.79. The first-order valence-electron chi connectivity index (χ1n) is 9.00. The Labute approximate surface area is 143 Å². The largest absolute Gasteiger partial charge is 0.441 e. The summed E-state index contributed by atoms with van der Waals surface area (Å²) in [6.07, 6.45) is 6.35. The van der Waals surface area contributed by atoms with Gasteiger partial charge in [0.2, 0.25) is 11.8 Å². The van der Waals surface area contributed by atoms with Crippen LogP contribution in [-0.2, 0) is 11.2 Å². The van der Waals surface area contributed by atoms with E-state index in [0.29, 0.717) is 18.4 Å². The summed E-state index contributed by atoms with van der Waals surface area (Å²) in [5, 5.41) is 0. The molecule has 0 radical (unpaired) electrons. The van der Waals surface area contributed by atoms with E-state index in [2.05, 4.69) is 11.9 Å². The van der Waals surface area contributed by atoms with Gasteiger partial charge in [0.05, 0.1) is 12.1 Å². The van der Waals surface area contributed by atoms with Crippen LogP contribution in [0, 0.1) is 6.92 Å². The molecule has 1 aromatic heterocycles. The molecule has 1 amide bonds. The number of carbonyl (C=O) groups excluding carboxylic acids is 1. The van der Waals surface area contributed by atoms with Crippen LogP contribution < -0.4 is 0 Å². The second-order valence-electron chi connectivity index (χ2n) is 6.54. The van der Waals surface area contributed by atoms with Crippen LogP contribution in [0.15, 0.2) is 34.7 Å². The van der Waals surface area contributed by atoms with E-state index in [1.54, 1.807) is 0 Å². The molecule has 0 atom stereocenters. The molecule has 128 valence electrons. The zero-order valence-electron chi connectivity index (χ0n) is 14.6. The fourth-order valence-electron chi connectivity index (χ4n) is 3.57. The Morgan fingerprint density at radius 3 is 2.58 bits per heavy atom. The first kappa shape index (κ1) is 16.7. The van der Waals surface area contributed by atoms with Crippen molar-refractivity contribution in [1.82, 2.24) is 9.88 Å². The van der Waals surface area contributed by atoms with E-state index >= 15 is 0 Å². The zero-order chi connectivity index (χ0) is 16.9. The van der Waals surface area contributed by atoms with Crippen molar-refractivity contribution in [3.05, 3.63) is 41.8 Å². The Morgan fingerprint density at radius 1 is 1.21 bits per heavy atom. The Kier molecular flexibility index (Phi) is 5.34. The third kappa shape index (κ3) is 3.69. The minimum atomic E-state index is 0.167. The highest BCUT2D eigenvalue weighted by Gasteiger charge is 2.25. The lowest BCUT2D eigenvalue weighted by molar-refractivity contribution is -0.133. The molecule has 1 heterocycles. The summed E-state index contributed by atoms with van der Waals surface area (Å²) < 4.78 is 5.78. The van der Waals surface area contributed by atoms with Gasteiger partial charge in [-0.15, -0.1) is 0 Å². The fraction of sp³-hybridized carbons (Fsp3) is 0.500. The van der Waals surface area contributed by atoms with Crippen LogP contribution in [0.1, 0.15) is 50.5 Å². The molecule has 0 bridgehead atoms. The van der Waals surface area contributed by atoms with Gasteiger partial charge in [-0.1, -0.05) is 37.5 Å². The molecule has 0 saturated heterocycles. The normalized spacial score (nSPS) is 15.4. The van der Waals surface area contributed by atoms with Gasteiger partial charge in [-0.05, 0) is 38.8 Å². The highest BCUT2D eigenvalue weighted by Crippen LogP contribution is 2.25. The topological polar surface area (TPSA) is 46.3 Å². The average molecular weight is 326 g/mol. The first-order valence-corrected chi connectivity index (χ1v) is 9.00. The van der Waals surface area contributed by atoms with Crippen LogP contribution in [0.3, 0.4) is 0 Å². The van der Waals surface area contributed by atoms with Gasteiger partial charge >= 0.3 is 0 Å². The van der Waals surface area contributed by atoms with Gasteiger partial charge < -0.3 is 9.32 Å². The Morgan fingerprint density at radius 2 is 1.92 bits per heavy atom. The maximum Gasteiger partial charge on any atom is 0.228 e. The molecule has 2 aromatic rings. The Bertz CT molecular complexity index is 672. The minimum absolute atomic E-state index is 0.167. The molecular weight excluding hydrogens is 300 g/mol. The summed E-state index contributed by atoms with van der Waals surface area (Å²) in [7, 11) is 0.